The molecule has 1 unspecified atom stereocenters. The fourth-order valence-corrected chi connectivity index (χ4v) is 5.48. The highest BCUT2D eigenvalue weighted by Crippen LogP contribution is 2.39. The summed E-state index contributed by atoms with van der Waals surface area (Å²) in [5.41, 5.74) is 1.75. The predicted molar refractivity (Wildman–Crippen MR) is 110 cm³/mol. The Morgan fingerprint density at radius 3 is 2.34 bits per heavy atom. The van der Waals surface area contributed by atoms with Gasteiger partial charge in [-0.3, -0.25) is 10.1 Å². The van der Waals surface area contributed by atoms with E-state index in [1.807, 2.05) is 19.1 Å². The van der Waals surface area contributed by atoms with E-state index in [0.29, 0.717) is 22.8 Å². The average molecular weight is 419 g/mol. The van der Waals surface area contributed by atoms with Crippen LogP contribution in [-0.4, -0.2) is 30.8 Å². The van der Waals surface area contributed by atoms with Crippen LogP contribution in [0.1, 0.15) is 36.5 Å². The standard InChI is InChI=1S/C21H26N2O5S/c1-14-11-19(23(24)25)12-21(15(14)2)29(26,27)22(16(3)18-7-8-18)13-17-5-9-20(28-4)10-6-17/h5-6,9-12,16,18H,7-8,13H2,1-4H3. The van der Waals surface area contributed by atoms with E-state index in [9.17, 15) is 18.5 Å². The monoisotopic (exact) mass is 418 g/mol. The van der Waals surface area contributed by atoms with Crippen molar-refractivity contribution >= 4 is 15.7 Å². The number of hydrogen-bond acceptors (Lipinski definition) is 5. The molecule has 0 heterocycles. The summed E-state index contributed by atoms with van der Waals surface area (Å²) in [6.45, 7) is 5.50. The highest BCUT2D eigenvalue weighted by molar-refractivity contribution is 7.89. The summed E-state index contributed by atoms with van der Waals surface area (Å²) in [5, 5.41) is 11.3. The van der Waals surface area contributed by atoms with Crippen molar-refractivity contribution in [1.29, 1.82) is 0 Å². The molecule has 3 rings (SSSR count). The fraction of sp³-hybridized carbons (Fsp3) is 0.429. The highest BCUT2D eigenvalue weighted by Gasteiger charge is 2.39. The van der Waals surface area contributed by atoms with Gasteiger partial charge in [-0.1, -0.05) is 12.1 Å². The van der Waals surface area contributed by atoms with Crippen LogP contribution in [0, 0.1) is 29.9 Å². The van der Waals surface area contributed by atoms with Gasteiger partial charge in [0.15, 0.2) is 0 Å². The zero-order valence-corrected chi connectivity index (χ0v) is 17.9. The van der Waals surface area contributed by atoms with Gasteiger partial charge in [-0.05, 0) is 68.4 Å². The van der Waals surface area contributed by atoms with Gasteiger partial charge in [0.05, 0.1) is 16.9 Å². The van der Waals surface area contributed by atoms with Crippen LogP contribution in [0.3, 0.4) is 0 Å². The molecule has 0 radical (unpaired) electrons. The van der Waals surface area contributed by atoms with Gasteiger partial charge < -0.3 is 4.74 Å². The number of non-ortho nitro benzene ring substituents is 1. The first-order valence-electron chi connectivity index (χ1n) is 9.55. The minimum absolute atomic E-state index is 0.00483. The molecule has 29 heavy (non-hydrogen) atoms. The predicted octanol–water partition coefficient (Wildman–Crippen LogP) is 4.21. The maximum Gasteiger partial charge on any atom is 0.271 e. The zero-order valence-electron chi connectivity index (χ0n) is 17.1. The summed E-state index contributed by atoms with van der Waals surface area (Å²) in [4.78, 5) is 10.8. The Morgan fingerprint density at radius 2 is 1.83 bits per heavy atom. The average Bonchev–Trinajstić information content (AvgIpc) is 3.53. The van der Waals surface area contributed by atoms with Crippen LogP contribution in [0.5, 0.6) is 5.75 Å². The number of nitro groups is 1. The number of rotatable bonds is 8. The smallest absolute Gasteiger partial charge is 0.271 e. The number of hydrogen-bond donors (Lipinski definition) is 0. The first-order chi connectivity index (χ1) is 13.6. The Labute approximate surface area is 171 Å². The maximum absolute atomic E-state index is 13.7. The lowest BCUT2D eigenvalue weighted by atomic mass is 10.1. The largest absolute Gasteiger partial charge is 0.497 e. The second-order valence-corrected chi connectivity index (χ2v) is 9.48. The minimum Gasteiger partial charge on any atom is -0.497 e. The van der Waals surface area contributed by atoms with E-state index in [-0.39, 0.29) is 23.2 Å². The lowest BCUT2D eigenvalue weighted by Gasteiger charge is -2.29. The topological polar surface area (TPSA) is 89.8 Å². The molecule has 1 aliphatic carbocycles. The van der Waals surface area contributed by atoms with Crippen LogP contribution in [-0.2, 0) is 16.6 Å². The molecule has 0 amide bonds. The van der Waals surface area contributed by atoms with Gasteiger partial charge in [0.25, 0.3) is 5.69 Å². The molecule has 1 aliphatic rings. The van der Waals surface area contributed by atoms with Crippen LogP contribution >= 0.6 is 0 Å². The molecule has 1 atom stereocenters. The van der Waals surface area contributed by atoms with E-state index < -0.39 is 14.9 Å². The van der Waals surface area contributed by atoms with Gasteiger partial charge in [0.2, 0.25) is 10.0 Å². The van der Waals surface area contributed by atoms with Gasteiger partial charge in [0, 0.05) is 24.7 Å². The number of nitro benzene ring substituents is 1. The summed E-state index contributed by atoms with van der Waals surface area (Å²) in [6.07, 6.45) is 1.98. The Kier molecular flexibility index (Phi) is 5.95. The Balaban J connectivity index is 2.05. The minimum atomic E-state index is -3.93. The zero-order chi connectivity index (χ0) is 21.3. The van der Waals surface area contributed by atoms with Crippen LogP contribution in [0.25, 0.3) is 0 Å². The number of benzene rings is 2. The molecule has 0 saturated heterocycles. The van der Waals surface area contributed by atoms with Crippen molar-refractivity contribution in [3.63, 3.8) is 0 Å². The molecule has 7 nitrogen and oxygen atoms in total. The molecule has 0 bridgehead atoms. The number of aryl methyl sites for hydroxylation is 1. The van der Waals surface area contributed by atoms with E-state index in [2.05, 4.69) is 0 Å². The highest BCUT2D eigenvalue weighted by atomic mass is 32.2. The maximum atomic E-state index is 13.7. The molecular weight excluding hydrogens is 392 g/mol. The van der Waals surface area contributed by atoms with Crippen LogP contribution in [0.4, 0.5) is 5.69 Å². The second-order valence-electron chi connectivity index (χ2n) is 7.62. The van der Waals surface area contributed by atoms with Crippen molar-refractivity contribution in [1.82, 2.24) is 4.31 Å². The van der Waals surface area contributed by atoms with Crippen molar-refractivity contribution in [3.8, 4) is 5.75 Å². The van der Waals surface area contributed by atoms with Gasteiger partial charge in [-0.2, -0.15) is 4.31 Å². The normalized spacial score (nSPS) is 15.3. The quantitative estimate of drug-likeness (QED) is 0.473. The van der Waals surface area contributed by atoms with Crippen molar-refractivity contribution in [2.45, 2.75) is 51.1 Å². The van der Waals surface area contributed by atoms with Gasteiger partial charge in [-0.15, -0.1) is 0 Å². The molecule has 0 N–H and O–H groups in total. The Morgan fingerprint density at radius 1 is 1.21 bits per heavy atom. The van der Waals surface area contributed by atoms with Gasteiger partial charge in [0.1, 0.15) is 5.75 Å². The summed E-state index contributed by atoms with van der Waals surface area (Å²) in [5.74, 6) is 1.01. The number of nitrogens with zero attached hydrogens (tertiary/aromatic N) is 2. The summed E-state index contributed by atoms with van der Waals surface area (Å²) >= 11 is 0. The molecule has 0 spiro atoms. The molecule has 2 aromatic rings. The Hall–Kier alpha value is -2.45. The molecule has 8 heteroatoms. The van der Waals surface area contributed by atoms with E-state index in [4.69, 9.17) is 4.74 Å². The van der Waals surface area contributed by atoms with E-state index >= 15 is 0 Å². The van der Waals surface area contributed by atoms with E-state index in [0.717, 1.165) is 18.4 Å². The number of ether oxygens (including phenoxy) is 1. The van der Waals surface area contributed by atoms with Gasteiger partial charge in [-0.25, -0.2) is 8.42 Å². The summed E-state index contributed by atoms with van der Waals surface area (Å²) < 4.78 is 34.0. The van der Waals surface area contributed by atoms with Crippen molar-refractivity contribution in [3.05, 3.63) is 63.2 Å². The third-order valence-electron chi connectivity index (χ3n) is 5.66. The van der Waals surface area contributed by atoms with E-state index in [1.165, 1.54) is 16.4 Å². The van der Waals surface area contributed by atoms with Gasteiger partial charge >= 0.3 is 0 Å². The van der Waals surface area contributed by atoms with Crippen molar-refractivity contribution in [2.24, 2.45) is 5.92 Å². The lowest BCUT2D eigenvalue weighted by molar-refractivity contribution is -0.385. The van der Waals surface area contributed by atoms with Crippen LogP contribution < -0.4 is 4.74 Å². The Bertz CT molecular complexity index is 1010. The van der Waals surface area contributed by atoms with Crippen LogP contribution in [0.2, 0.25) is 0 Å². The molecule has 0 aromatic heterocycles. The lowest BCUT2D eigenvalue weighted by Crippen LogP contribution is -2.39. The summed E-state index contributed by atoms with van der Waals surface area (Å²) in [6, 6.07) is 9.67. The van der Waals surface area contributed by atoms with E-state index in [1.54, 1.807) is 33.1 Å². The molecule has 1 fully saturated rings. The molecular formula is C21H26N2O5S. The first-order valence-corrected chi connectivity index (χ1v) is 11.0. The molecule has 1 saturated carbocycles. The first kappa shape index (κ1) is 21.3. The fourth-order valence-electron chi connectivity index (χ4n) is 3.48. The number of sulfonamides is 1. The van der Waals surface area contributed by atoms with Crippen molar-refractivity contribution in [2.75, 3.05) is 7.11 Å². The third-order valence-corrected chi connectivity index (χ3v) is 7.72. The third kappa shape index (κ3) is 4.43. The molecule has 2 aromatic carbocycles. The molecule has 0 aliphatic heterocycles. The SMILES string of the molecule is COc1ccc(CN(C(C)C2CC2)S(=O)(=O)c2cc([N+](=O)[O-])cc(C)c2C)cc1. The molecule has 156 valence electrons. The summed E-state index contributed by atoms with van der Waals surface area (Å²) in [7, 11) is -2.35. The second kappa shape index (κ2) is 8.12. The number of methoxy groups -OCH3 is 1. The van der Waals surface area contributed by atoms with Crippen molar-refractivity contribution < 1.29 is 18.1 Å². The van der Waals surface area contributed by atoms with Crippen LogP contribution in [0.15, 0.2) is 41.3 Å².